The fourth-order valence-corrected chi connectivity index (χ4v) is 1.66. The van der Waals surface area contributed by atoms with Gasteiger partial charge in [0.25, 0.3) is 0 Å². The Kier molecular flexibility index (Phi) is 2.72. The highest BCUT2D eigenvalue weighted by molar-refractivity contribution is 5.83. The molecule has 0 saturated carbocycles. The van der Waals surface area contributed by atoms with Gasteiger partial charge in [-0.05, 0) is 36.1 Å². The van der Waals surface area contributed by atoms with E-state index in [1.165, 1.54) is 0 Å². The van der Waals surface area contributed by atoms with E-state index in [1.807, 2.05) is 37.4 Å². The Bertz CT molecular complexity index is 473. The minimum absolute atomic E-state index is 0.0763. The van der Waals surface area contributed by atoms with E-state index in [0.29, 0.717) is 13.0 Å². The molecule has 1 amide bonds. The topological polar surface area (TPSA) is 44.9 Å². The third kappa shape index (κ3) is 2.18. The summed E-state index contributed by atoms with van der Waals surface area (Å²) in [6, 6.07) is 8.04. The minimum Gasteiger partial charge on any atom is -0.361 e. The predicted octanol–water partition coefficient (Wildman–Crippen LogP) is 1.85. The van der Waals surface area contributed by atoms with Gasteiger partial charge >= 0.3 is 0 Å². The number of hydrogen-bond acceptors (Lipinski definition) is 1. The number of aromatic nitrogens is 1. The second kappa shape index (κ2) is 4.17. The van der Waals surface area contributed by atoms with Gasteiger partial charge in [-0.2, -0.15) is 0 Å². The molecule has 78 valence electrons. The SMILES string of the molecule is CCNC(=O)Cc1ccc2[nH]ccc2c1. The van der Waals surface area contributed by atoms with Crippen LogP contribution in [-0.2, 0) is 11.2 Å². The first-order valence-corrected chi connectivity index (χ1v) is 5.12. The van der Waals surface area contributed by atoms with Gasteiger partial charge in [0.15, 0.2) is 0 Å². The fraction of sp³-hybridized carbons (Fsp3) is 0.250. The van der Waals surface area contributed by atoms with Crippen LogP contribution in [0.5, 0.6) is 0 Å². The molecule has 2 aromatic rings. The maximum absolute atomic E-state index is 11.4. The van der Waals surface area contributed by atoms with Crippen LogP contribution in [0.3, 0.4) is 0 Å². The average molecular weight is 202 g/mol. The predicted molar refractivity (Wildman–Crippen MR) is 60.7 cm³/mol. The largest absolute Gasteiger partial charge is 0.361 e. The Hall–Kier alpha value is -1.77. The molecule has 0 radical (unpaired) electrons. The van der Waals surface area contributed by atoms with Crippen LogP contribution in [0, 0.1) is 0 Å². The molecule has 0 aliphatic heterocycles. The first-order valence-electron chi connectivity index (χ1n) is 5.12. The summed E-state index contributed by atoms with van der Waals surface area (Å²) in [6.07, 6.45) is 2.36. The van der Waals surface area contributed by atoms with Crippen molar-refractivity contribution in [3.05, 3.63) is 36.0 Å². The molecule has 0 aliphatic rings. The van der Waals surface area contributed by atoms with Gasteiger partial charge in [0, 0.05) is 18.3 Å². The molecule has 0 fully saturated rings. The van der Waals surface area contributed by atoms with E-state index in [-0.39, 0.29) is 5.91 Å². The lowest BCUT2D eigenvalue weighted by Gasteiger charge is -2.02. The highest BCUT2D eigenvalue weighted by atomic mass is 16.1. The molecule has 0 unspecified atom stereocenters. The van der Waals surface area contributed by atoms with E-state index in [0.717, 1.165) is 16.5 Å². The molecular weight excluding hydrogens is 188 g/mol. The average Bonchev–Trinajstić information content (AvgIpc) is 2.65. The summed E-state index contributed by atoms with van der Waals surface area (Å²) in [5, 5.41) is 3.94. The van der Waals surface area contributed by atoms with Crippen molar-refractivity contribution in [1.29, 1.82) is 0 Å². The summed E-state index contributed by atoms with van der Waals surface area (Å²) in [4.78, 5) is 14.5. The molecule has 0 saturated heterocycles. The smallest absolute Gasteiger partial charge is 0.224 e. The van der Waals surface area contributed by atoms with Gasteiger partial charge in [-0.1, -0.05) is 6.07 Å². The van der Waals surface area contributed by atoms with Crippen LogP contribution in [0.25, 0.3) is 10.9 Å². The zero-order valence-electron chi connectivity index (χ0n) is 8.71. The molecule has 0 atom stereocenters. The van der Waals surface area contributed by atoms with Crippen molar-refractivity contribution in [2.75, 3.05) is 6.54 Å². The van der Waals surface area contributed by atoms with Gasteiger partial charge in [0.2, 0.25) is 5.91 Å². The summed E-state index contributed by atoms with van der Waals surface area (Å²) >= 11 is 0. The van der Waals surface area contributed by atoms with Crippen molar-refractivity contribution in [1.82, 2.24) is 10.3 Å². The van der Waals surface area contributed by atoms with Gasteiger partial charge in [0.05, 0.1) is 6.42 Å². The molecule has 0 bridgehead atoms. The summed E-state index contributed by atoms with van der Waals surface area (Å²) in [7, 11) is 0. The maximum atomic E-state index is 11.4. The third-order valence-corrected chi connectivity index (χ3v) is 2.36. The molecular formula is C12H14N2O. The number of nitrogens with one attached hydrogen (secondary N) is 2. The highest BCUT2D eigenvalue weighted by Gasteiger charge is 2.02. The number of fused-ring (bicyclic) bond motifs is 1. The number of carbonyl (C=O) groups is 1. The van der Waals surface area contributed by atoms with Gasteiger partial charge in [-0.25, -0.2) is 0 Å². The quantitative estimate of drug-likeness (QED) is 0.783. The molecule has 0 spiro atoms. The minimum atomic E-state index is 0.0763. The van der Waals surface area contributed by atoms with E-state index < -0.39 is 0 Å². The number of benzene rings is 1. The van der Waals surface area contributed by atoms with Crippen molar-refractivity contribution in [2.24, 2.45) is 0 Å². The van der Waals surface area contributed by atoms with E-state index in [2.05, 4.69) is 10.3 Å². The van der Waals surface area contributed by atoms with Crippen LogP contribution >= 0.6 is 0 Å². The molecule has 0 aliphatic carbocycles. The molecule has 2 rings (SSSR count). The number of carbonyl (C=O) groups excluding carboxylic acids is 1. The second-order valence-electron chi connectivity index (χ2n) is 3.53. The van der Waals surface area contributed by atoms with Gasteiger partial charge < -0.3 is 10.3 Å². The number of H-pyrrole nitrogens is 1. The number of hydrogen-bond donors (Lipinski definition) is 2. The van der Waals surface area contributed by atoms with E-state index in [1.54, 1.807) is 0 Å². The molecule has 1 heterocycles. The van der Waals surface area contributed by atoms with Crippen molar-refractivity contribution >= 4 is 16.8 Å². The summed E-state index contributed by atoms with van der Waals surface area (Å²) in [6.45, 7) is 2.61. The molecule has 1 aromatic carbocycles. The van der Waals surface area contributed by atoms with Crippen LogP contribution in [-0.4, -0.2) is 17.4 Å². The number of likely N-dealkylation sites (N-methyl/N-ethyl adjacent to an activating group) is 1. The summed E-state index contributed by atoms with van der Waals surface area (Å²) in [5.74, 6) is 0.0763. The second-order valence-corrected chi connectivity index (χ2v) is 3.53. The lowest BCUT2D eigenvalue weighted by molar-refractivity contribution is -0.120. The van der Waals surface area contributed by atoms with Crippen LogP contribution in [0.4, 0.5) is 0 Å². The number of rotatable bonds is 3. The molecule has 3 heteroatoms. The normalized spacial score (nSPS) is 10.5. The van der Waals surface area contributed by atoms with Crippen LogP contribution in [0.15, 0.2) is 30.5 Å². The van der Waals surface area contributed by atoms with Gasteiger partial charge in [-0.3, -0.25) is 4.79 Å². The summed E-state index contributed by atoms with van der Waals surface area (Å²) in [5.41, 5.74) is 2.16. The van der Waals surface area contributed by atoms with Crippen LogP contribution in [0.2, 0.25) is 0 Å². The van der Waals surface area contributed by atoms with Crippen molar-refractivity contribution in [2.45, 2.75) is 13.3 Å². The lowest BCUT2D eigenvalue weighted by Crippen LogP contribution is -2.24. The zero-order chi connectivity index (χ0) is 10.7. The van der Waals surface area contributed by atoms with E-state index in [9.17, 15) is 4.79 Å². The maximum Gasteiger partial charge on any atom is 0.224 e. The van der Waals surface area contributed by atoms with E-state index >= 15 is 0 Å². The number of amides is 1. The van der Waals surface area contributed by atoms with Crippen LogP contribution in [0.1, 0.15) is 12.5 Å². The molecule has 2 N–H and O–H groups in total. The zero-order valence-corrected chi connectivity index (χ0v) is 8.71. The Morgan fingerprint density at radius 2 is 2.27 bits per heavy atom. The lowest BCUT2D eigenvalue weighted by atomic mass is 10.1. The fourth-order valence-electron chi connectivity index (χ4n) is 1.66. The molecule has 3 nitrogen and oxygen atoms in total. The first-order chi connectivity index (χ1) is 7.29. The highest BCUT2D eigenvalue weighted by Crippen LogP contribution is 2.14. The Morgan fingerprint density at radius 3 is 3.07 bits per heavy atom. The van der Waals surface area contributed by atoms with Crippen molar-refractivity contribution in [3.8, 4) is 0 Å². The van der Waals surface area contributed by atoms with Crippen molar-refractivity contribution in [3.63, 3.8) is 0 Å². The monoisotopic (exact) mass is 202 g/mol. The van der Waals surface area contributed by atoms with Gasteiger partial charge in [-0.15, -0.1) is 0 Å². The van der Waals surface area contributed by atoms with Gasteiger partial charge in [0.1, 0.15) is 0 Å². The van der Waals surface area contributed by atoms with E-state index in [4.69, 9.17) is 0 Å². The molecule has 15 heavy (non-hydrogen) atoms. The molecule has 1 aromatic heterocycles. The third-order valence-electron chi connectivity index (χ3n) is 2.36. The van der Waals surface area contributed by atoms with Crippen LogP contribution < -0.4 is 5.32 Å². The Morgan fingerprint density at radius 1 is 1.40 bits per heavy atom. The first kappa shape index (κ1) is 9.77. The van der Waals surface area contributed by atoms with Crippen molar-refractivity contribution < 1.29 is 4.79 Å². The number of aromatic amines is 1. The Balaban J connectivity index is 2.17. The standard InChI is InChI=1S/C12H14N2O/c1-2-13-12(15)8-9-3-4-11-10(7-9)5-6-14-11/h3-7,14H,2,8H2,1H3,(H,13,15). The summed E-state index contributed by atoms with van der Waals surface area (Å²) < 4.78 is 0. The Labute approximate surface area is 88.5 Å².